The van der Waals surface area contributed by atoms with Crippen LogP contribution in [0.1, 0.15) is 28.6 Å². The van der Waals surface area contributed by atoms with Crippen molar-refractivity contribution >= 4 is 39.0 Å². The normalized spacial score (nSPS) is 14.6. The zero-order valence-corrected chi connectivity index (χ0v) is 19.8. The van der Waals surface area contributed by atoms with E-state index in [2.05, 4.69) is 32.0 Å². The van der Waals surface area contributed by atoms with Crippen LogP contribution < -0.4 is 19.7 Å². The molecule has 8 nitrogen and oxygen atoms in total. The second-order valence-corrected chi connectivity index (χ2v) is 8.82. The summed E-state index contributed by atoms with van der Waals surface area (Å²) >= 11 is 1.40. The number of carbonyl (C=O) groups excluding carboxylic acids is 1. The number of hydrogen-bond donors (Lipinski definition) is 1. The summed E-state index contributed by atoms with van der Waals surface area (Å²) in [4.78, 5) is 28.5. The first kappa shape index (κ1) is 22.3. The fraction of sp³-hybridized carbons (Fsp3) is 0.435. The SMILES string of the molecule is CCCN1CCN(c2ncnc3sc(C(=O)Nc4cc(OC)cc(OC)c4)c(C)c23)CC1. The fourth-order valence-electron chi connectivity index (χ4n) is 4.08. The summed E-state index contributed by atoms with van der Waals surface area (Å²) in [6.07, 6.45) is 2.76. The number of thiophene rings is 1. The van der Waals surface area contributed by atoms with Crippen molar-refractivity contribution in [3.63, 3.8) is 0 Å². The highest BCUT2D eigenvalue weighted by atomic mass is 32.1. The molecule has 0 saturated carbocycles. The average Bonchev–Trinajstić information content (AvgIpc) is 3.16. The van der Waals surface area contributed by atoms with Gasteiger partial charge >= 0.3 is 0 Å². The number of piperazine rings is 1. The predicted molar refractivity (Wildman–Crippen MR) is 129 cm³/mol. The molecule has 0 aliphatic carbocycles. The summed E-state index contributed by atoms with van der Waals surface area (Å²) in [5.74, 6) is 1.97. The standard InChI is InChI=1S/C23H29N5O3S/c1-5-6-27-7-9-28(10-8-27)21-19-15(2)20(32-23(19)25-14-24-21)22(29)26-16-11-17(30-3)13-18(12-16)31-4/h11-14H,5-10H2,1-4H3,(H,26,29). The van der Waals surface area contributed by atoms with E-state index in [9.17, 15) is 4.79 Å². The Morgan fingerprint density at radius 1 is 1.09 bits per heavy atom. The summed E-state index contributed by atoms with van der Waals surface area (Å²) in [6, 6.07) is 5.30. The van der Waals surface area contributed by atoms with E-state index >= 15 is 0 Å². The van der Waals surface area contributed by atoms with Crippen LogP contribution >= 0.6 is 11.3 Å². The third-order valence-electron chi connectivity index (χ3n) is 5.73. The van der Waals surface area contributed by atoms with Crippen molar-refractivity contribution in [3.8, 4) is 11.5 Å². The zero-order valence-electron chi connectivity index (χ0n) is 19.0. The molecule has 0 radical (unpaired) electrons. The molecule has 32 heavy (non-hydrogen) atoms. The van der Waals surface area contributed by atoms with Gasteiger partial charge in [0.25, 0.3) is 5.91 Å². The number of methoxy groups -OCH3 is 2. The van der Waals surface area contributed by atoms with Crippen LogP contribution in [0.2, 0.25) is 0 Å². The van der Waals surface area contributed by atoms with E-state index in [0.717, 1.165) is 54.3 Å². The van der Waals surface area contributed by atoms with Crippen molar-refractivity contribution in [3.05, 3.63) is 35.0 Å². The van der Waals surface area contributed by atoms with Gasteiger partial charge in [-0.05, 0) is 25.5 Å². The van der Waals surface area contributed by atoms with Crippen molar-refractivity contribution in [2.45, 2.75) is 20.3 Å². The van der Waals surface area contributed by atoms with Gasteiger partial charge in [-0.15, -0.1) is 11.3 Å². The van der Waals surface area contributed by atoms with Crippen LogP contribution in [0.4, 0.5) is 11.5 Å². The molecule has 0 bridgehead atoms. The number of rotatable bonds is 7. The molecular formula is C23H29N5O3S. The molecule has 0 atom stereocenters. The van der Waals surface area contributed by atoms with E-state index < -0.39 is 0 Å². The first-order valence-corrected chi connectivity index (χ1v) is 11.6. The van der Waals surface area contributed by atoms with E-state index in [4.69, 9.17) is 9.47 Å². The lowest BCUT2D eigenvalue weighted by molar-refractivity contribution is 0.103. The van der Waals surface area contributed by atoms with Gasteiger partial charge in [0.2, 0.25) is 0 Å². The summed E-state index contributed by atoms with van der Waals surface area (Å²) in [7, 11) is 3.16. The largest absolute Gasteiger partial charge is 0.497 e. The highest BCUT2D eigenvalue weighted by Gasteiger charge is 2.24. The second kappa shape index (κ2) is 9.70. The minimum atomic E-state index is -0.181. The van der Waals surface area contributed by atoms with Crippen LogP contribution in [0.5, 0.6) is 11.5 Å². The van der Waals surface area contributed by atoms with E-state index in [1.54, 1.807) is 38.7 Å². The number of aromatic nitrogens is 2. The molecule has 1 aromatic carbocycles. The number of amides is 1. The Morgan fingerprint density at radius 2 is 1.78 bits per heavy atom. The molecule has 3 heterocycles. The number of aryl methyl sites for hydroxylation is 1. The van der Waals surface area contributed by atoms with Crippen LogP contribution in [-0.4, -0.2) is 67.7 Å². The second-order valence-electron chi connectivity index (χ2n) is 7.82. The molecule has 170 valence electrons. The van der Waals surface area contributed by atoms with Crippen LogP contribution in [0.25, 0.3) is 10.2 Å². The highest BCUT2D eigenvalue weighted by molar-refractivity contribution is 7.20. The lowest BCUT2D eigenvalue weighted by Crippen LogP contribution is -2.46. The molecule has 1 amide bonds. The topological polar surface area (TPSA) is 79.8 Å². The molecule has 3 aromatic rings. The minimum absolute atomic E-state index is 0.181. The number of anilines is 2. The lowest BCUT2D eigenvalue weighted by Gasteiger charge is -2.35. The summed E-state index contributed by atoms with van der Waals surface area (Å²) < 4.78 is 10.6. The van der Waals surface area contributed by atoms with Gasteiger partial charge in [-0.25, -0.2) is 9.97 Å². The summed E-state index contributed by atoms with van der Waals surface area (Å²) in [5.41, 5.74) is 1.52. The number of nitrogens with one attached hydrogen (secondary N) is 1. The first-order chi connectivity index (χ1) is 15.5. The average molecular weight is 456 g/mol. The van der Waals surface area contributed by atoms with E-state index in [1.807, 2.05) is 6.92 Å². The summed E-state index contributed by atoms with van der Waals surface area (Å²) in [6.45, 7) is 9.20. The Morgan fingerprint density at radius 3 is 2.41 bits per heavy atom. The van der Waals surface area contributed by atoms with Crippen molar-refractivity contribution < 1.29 is 14.3 Å². The molecule has 1 aliphatic heterocycles. The third kappa shape index (κ3) is 4.49. The van der Waals surface area contributed by atoms with Crippen molar-refractivity contribution in [1.82, 2.24) is 14.9 Å². The monoisotopic (exact) mass is 455 g/mol. The maximum atomic E-state index is 13.2. The molecule has 1 aliphatic rings. The third-order valence-corrected chi connectivity index (χ3v) is 6.93. The molecule has 0 unspecified atom stereocenters. The molecule has 2 aromatic heterocycles. The number of carbonyl (C=O) groups is 1. The zero-order chi connectivity index (χ0) is 22.7. The number of fused-ring (bicyclic) bond motifs is 1. The van der Waals surface area contributed by atoms with Gasteiger partial charge in [0.1, 0.15) is 28.5 Å². The van der Waals surface area contributed by atoms with Crippen molar-refractivity contribution in [2.24, 2.45) is 0 Å². The minimum Gasteiger partial charge on any atom is -0.497 e. The van der Waals surface area contributed by atoms with Gasteiger partial charge < -0.3 is 19.7 Å². The molecule has 1 saturated heterocycles. The van der Waals surface area contributed by atoms with Gasteiger partial charge in [-0.1, -0.05) is 6.92 Å². The van der Waals surface area contributed by atoms with Crippen molar-refractivity contribution in [2.75, 3.05) is 57.2 Å². The highest BCUT2D eigenvalue weighted by Crippen LogP contribution is 2.36. The number of nitrogens with zero attached hydrogens (tertiary/aromatic N) is 4. The van der Waals surface area contributed by atoms with Crippen LogP contribution in [0.3, 0.4) is 0 Å². The van der Waals surface area contributed by atoms with Crippen LogP contribution in [-0.2, 0) is 0 Å². The van der Waals surface area contributed by atoms with Crippen molar-refractivity contribution in [1.29, 1.82) is 0 Å². The first-order valence-electron chi connectivity index (χ1n) is 10.8. The quantitative estimate of drug-likeness (QED) is 0.580. The Balaban J connectivity index is 1.60. The molecule has 0 spiro atoms. The Labute approximate surface area is 192 Å². The molecular weight excluding hydrogens is 426 g/mol. The molecule has 1 fully saturated rings. The number of hydrogen-bond acceptors (Lipinski definition) is 8. The van der Waals surface area contributed by atoms with Gasteiger partial charge in [0.15, 0.2) is 0 Å². The summed E-state index contributed by atoms with van der Waals surface area (Å²) in [5, 5.41) is 3.94. The Kier molecular flexibility index (Phi) is 6.76. The fourth-order valence-corrected chi connectivity index (χ4v) is 5.11. The van der Waals surface area contributed by atoms with Crippen LogP contribution in [0.15, 0.2) is 24.5 Å². The Hall–Kier alpha value is -2.91. The number of benzene rings is 1. The molecule has 1 N–H and O–H groups in total. The Bertz CT molecular complexity index is 1090. The van der Waals surface area contributed by atoms with Gasteiger partial charge in [-0.3, -0.25) is 9.69 Å². The number of ether oxygens (including phenoxy) is 2. The molecule has 4 rings (SSSR count). The van der Waals surface area contributed by atoms with E-state index in [-0.39, 0.29) is 5.91 Å². The van der Waals surface area contributed by atoms with Gasteiger partial charge in [0, 0.05) is 50.1 Å². The smallest absolute Gasteiger partial charge is 0.266 e. The predicted octanol–water partition coefficient (Wildman–Crippen LogP) is 3.80. The lowest BCUT2D eigenvalue weighted by atomic mass is 10.1. The van der Waals surface area contributed by atoms with E-state index in [0.29, 0.717) is 22.1 Å². The maximum absolute atomic E-state index is 13.2. The van der Waals surface area contributed by atoms with Gasteiger partial charge in [-0.2, -0.15) is 0 Å². The van der Waals surface area contributed by atoms with E-state index in [1.165, 1.54) is 17.8 Å². The maximum Gasteiger partial charge on any atom is 0.266 e. The van der Waals surface area contributed by atoms with Gasteiger partial charge in [0.05, 0.1) is 24.5 Å². The van der Waals surface area contributed by atoms with Crippen LogP contribution in [0, 0.1) is 6.92 Å². The molecule has 9 heteroatoms.